The molecule has 0 amide bonds. The molecule has 0 unspecified atom stereocenters. The zero-order valence-corrected chi connectivity index (χ0v) is 14.3. The Hall–Kier alpha value is -2.91. The summed E-state index contributed by atoms with van der Waals surface area (Å²) in [7, 11) is 1.35. The molecular weight excluding hydrogens is 336 g/mol. The van der Waals surface area contributed by atoms with Crippen molar-refractivity contribution < 1.29 is 14.3 Å². The van der Waals surface area contributed by atoms with Crippen LogP contribution in [-0.2, 0) is 4.74 Å². The average molecular weight is 351 g/mol. The number of methoxy groups -OCH3 is 1. The first kappa shape index (κ1) is 16.9. The van der Waals surface area contributed by atoms with E-state index in [-0.39, 0.29) is 5.78 Å². The lowest BCUT2D eigenvalue weighted by Gasteiger charge is -1.99. The van der Waals surface area contributed by atoms with Crippen molar-refractivity contribution >= 4 is 29.4 Å². The van der Waals surface area contributed by atoms with Gasteiger partial charge in [0.05, 0.1) is 12.7 Å². The highest BCUT2D eigenvalue weighted by molar-refractivity contribution is 6.30. The van der Waals surface area contributed by atoms with Gasteiger partial charge in [0.2, 0.25) is 0 Å². The molecule has 3 rings (SSSR count). The molecule has 0 saturated heterocycles. The predicted molar refractivity (Wildman–Crippen MR) is 99.2 cm³/mol. The largest absolute Gasteiger partial charge is 0.465 e. The Bertz CT molecular complexity index is 926. The number of benzene rings is 1. The number of allylic oxidation sites excluding steroid dienone is 1. The second kappa shape index (κ2) is 7.32. The maximum atomic E-state index is 12.3. The zero-order valence-electron chi connectivity index (χ0n) is 13.5. The molecule has 0 heterocycles. The quantitative estimate of drug-likeness (QED) is 0.372. The highest BCUT2D eigenvalue weighted by Gasteiger charge is 2.19. The zero-order chi connectivity index (χ0) is 17.8. The van der Waals surface area contributed by atoms with Crippen LogP contribution >= 0.6 is 11.6 Å². The van der Waals surface area contributed by atoms with Gasteiger partial charge in [-0.1, -0.05) is 48.0 Å². The van der Waals surface area contributed by atoms with E-state index < -0.39 is 5.97 Å². The number of esters is 1. The first-order valence-corrected chi connectivity index (χ1v) is 8.06. The van der Waals surface area contributed by atoms with E-state index in [1.165, 1.54) is 13.2 Å². The van der Waals surface area contributed by atoms with Gasteiger partial charge in [-0.25, -0.2) is 4.79 Å². The summed E-state index contributed by atoms with van der Waals surface area (Å²) < 4.78 is 4.85. The van der Waals surface area contributed by atoms with Crippen LogP contribution in [0.15, 0.2) is 66.7 Å². The molecule has 0 saturated carbocycles. The third-order valence-electron chi connectivity index (χ3n) is 3.89. The minimum atomic E-state index is -0.403. The normalized spacial score (nSPS) is 11.0. The highest BCUT2D eigenvalue weighted by atomic mass is 35.5. The molecule has 0 fully saturated rings. The van der Waals surface area contributed by atoms with Gasteiger partial charge in [-0.05, 0) is 53.1 Å². The monoisotopic (exact) mass is 350 g/mol. The maximum absolute atomic E-state index is 12.3. The van der Waals surface area contributed by atoms with Gasteiger partial charge in [-0.15, -0.1) is 0 Å². The van der Waals surface area contributed by atoms with Gasteiger partial charge >= 0.3 is 5.97 Å². The molecular formula is C21H15ClO3. The van der Waals surface area contributed by atoms with Crippen molar-refractivity contribution in [3.05, 3.63) is 88.5 Å². The summed E-state index contributed by atoms with van der Waals surface area (Å²) in [5.74, 6) is -0.536. The Morgan fingerprint density at radius 2 is 1.64 bits per heavy atom. The summed E-state index contributed by atoms with van der Waals surface area (Å²) in [6.45, 7) is 0. The summed E-state index contributed by atoms with van der Waals surface area (Å²) >= 11 is 5.84. The SMILES string of the molecule is COC(=O)c1cc(/C=C/C(=O)c2ccc(Cl)cc2)c2cccccc1-2. The van der Waals surface area contributed by atoms with Crippen molar-refractivity contribution in [3.63, 3.8) is 0 Å². The van der Waals surface area contributed by atoms with E-state index >= 15 is 0 Å². The van der Waals surface area contributed by atoms with Crippen LogP contribution in [0.5, 0.6) is 0 Å². The molecule has 3 nitrogen and oxygen atoms in total. The number of carbonyl (C=O) groups is 2. The molecule has 0 N–H and O–H groups in total. The van der Waals surface area contributed by atoms with Crippen LogP contribution in [0, 0.1) is 0 Å². The topological polar surface area (TPSA) is 43.4 Å². The fourth-order valence-corrected chi connectivity index (χ4v) is 2.76. The van der Waals surface area contributed by atoms with Crippen LogP contribution in [0.25, 0.3) is 17.2 Å². The molecule has 25 heavy (non-hydrogen) atoms. The second-order valence-corrected chi connectivity index (χ2v) is 5.88. The van der Waals surface area contributed by atoms with Crippen LogP contribution in [0.2, 0.25) is 5.02 Å². The summed E-state index contributed by atoms with van der Waals surface area (Å²) in [6.07, 6.45) is 3.21. The number of ether oxygens (including phenoxy) is 1. The van der Waals surface area contributed by atoms with Crippen molar-refractivity contribution in [2.24, 2.45) is 0 Å². The lowest BCUT2D eigenvalue weighted by Crippen LogP contribution is -1.99. The Kier molecular flexibility index (Phi) is 4.96. The Labute approximate surface area is 150 Å². The molecule has 0 atom stereocenters. The van der Waals surface area contributed by atoms with Gasteiger partial charge in [-0.2, -0.15) is 0 Å². The van der Waals surface area contributed by atoms with Crippen LogP contribution in [-0.4, -0.2) is 18.9 Å². The summed E-state index contributed by atoms with van der Waals surface area (Å²) in [5.41, 5.74) is 3.48. The predicted octanol–water partition coefficient (Wildman–Crippen LogP) is 5.13. The first-order chi connectivity index (χ1) is 12.1. The van der Waals surface area contributed by atoms with Gasteiger partial charge < -0.3 is 4.74 Å². The maximum Gasteiger partial charge on any atom is 0.338 e. The van der Waals surface area contributed by atoms with Gasteiger partial charge in [0, 0.05) is 10.6 Å². The van der Waals surface area contributed by atoms with Crippen LogP contribution in [0.3, 0.4) is 0 Å². The van der Waals surface area contributed by atoms with Crippen LogP contribution in [0.4, 0.5) is 0 Å². The van der Waals surface area contributed by atoms with Gasteiger partial charge in [0.1, 0.15) is 0 Å². The molecule has 2 aliphatic rings. The highest BCUT2D eigenvalue weighted by Crippen LogP contribution is 2.33. The van der Waals surface area contributed by atoms with Gasteiger partial charge in [0.15, 0.2) is 5.78 Å². The van der Waals surface area contributed by atoms with E-state index in [4.69, 9.17) is 16.3 Å². The fourth-order valence-electron chi connectivity index (χ4n) is 2.64. The summed E-state index contributed by atoms with van der Waals surface area (Å²) in [4.78, 5) is 24.3. The standard InChI is InChI=1S/C21H15ClO3/c1-25-21(24)19-13-15(17-5-3-2-4-6-18(17)19)9-12-20(23)14-7-10-16(22)11-8-14/h2-13H,1H3/b12-9+. The molecule has 0 aromatic heterocycles. The summed E-state index contributed by atoms with van der Waals surface area (Å²) in [6, 6.07) is 17.9. The van der Waals surface area contributed by atoms with Crippen LogP contribution in [0.1, 0.15) is 26.3 Å². The second-order valence-electron chi connectivity index (χ2n) is 5.45. The lowest BCUT2D eigenvalue weighted by molar-refractivity contribution is 0.0602. The molecule has 124 valence electrons. The van der Waals surface area contributed by atoms with Gasteiger partial charge in [0.25, 0.3) is 0 Å². The Morgan fingerprint density at radius 3 is 2.32 bits per heavy atom. The van der Waals surface area contributed by atoms with E-state index in [1.54, 1.807) is 36.4 Å². The van der Waals surface area contributed by atoms with E-state index in [0.29, 0.717) is 16.1 Å². The van der Waals surface area contributed by atoms with Crippen molar-refractivity contribution in [3.8, 4) is 11.1 Å². The molecule has 0 spiro atoms. The van der Waals surface area contributed by atoms with E-state index in [1.807, 2.05) is 30.3 Å². The number of hydrogen-bond acceptors (Lipinski definition) is 3. The van der Waals surface area contributed by atoms with Crippen molar-refractivity contribution in [1.29, 1.82) is 0 Å². The van der Waals surface area contributed by atoms with Gasteiger partial charge in [-0.3, -0.25) is 4.79 Å². The molecule has 1 aromatic carbocycles. The Morgan fingerprint density at radius 1 is 0.960 bits per heavy atom. The van der Waals surface area contributed by atoms with E-state index in [0.717, 1.165) is 16.7 Å². The smallest absolute Gasteiger partial charge is 0.338 e. The first-order valence-electron chi connectivity index (χ1n) is 7.68. The fraction of sp³-hybridized carbons (Fsp3) is 0.0476. The van der Waals surface area contributed by atoms with Crippen molar-refractivity contribution in [2.45, 2.75) is 0 Å². The van der Waals surface area contributed by atoms with Crippen molar-refractivity contribution in [1.82, 2.24) is 0 Å². The average Bonchev–Trinajstić information content (AvgIpc) is 2.80. The number of rotatable bonds is 4. The minimum absolute atomic E-state index is 0.133. The molecule has 4 heteroatoms. The molecule has 0 bridgehead atoms. The number of fused-ring (bicyclic) bond motifs is 1. The lowest BCUT2D eigenvalue weighted by atomic mass is 10.1. The molecule has 2 aliphatic carbocycles. The Balaban J connectivity index is 1.97. The van der Waals surface area contributed by atoms with Crippen LogP contribution < -0.4 is 0 Å². The van der Waals surface area contributed by atoms with Crippen molar-refractivity contribution in [2.75, 3.05) is 7.11 Å². The minimum Gasteiger partial charge on any atom is -0.465 e. The third-order valence-corrected chi connectivity index (χ3v) is 4.14. The van der Waals surface area contributed by atoms with E-state index in [9.17, 15) is 9.59 Å². The van der Waals surface area contributed by atoms with E-state index in [2.05, 4.69) is 0 Å². The number of carbonyl (C=O) groups excluding carboxylic acids is 2. The third kappa shape index (κ3) is 3.62. The number of ketones is 1. The number of hydrogen-bond donors (Lipinski definition) is 0. The molecule has 1 aromatic rings. The summed E-state index contributed by atoms with van der Waals surface area (Å²) in [5, 5.41) is 0.581. The number of halogens is 1. The molecule has 0 radical (unpaired) electrons. The molecule has 0 aliphatic heterocycles.